The third-order valence-electron chi connectivity index (χ3n) is 2.67. The smallest absolute Gasteiger partial charge is 0.326 e. The van der Waals surface area contributed by atoms with Gasteiger partial charge in [-0.05, 0) is 11.8 Å². The molecule has 7 nitrogen and oxygen atoms in total. The van der Waals surface area contributed by atoms with Crippen molar-refractivity contribution in [2.75, 3.05) is 6.54 Å². The monoisotopic (exact) mass is 260 g/mol. The van der Waals surface area contributed by atoms with Gasteiger partial charge in [0, 0.05) is 6.54 Å². The highest BCUT2D eigenvalue weighted by Gasteiger charge is 2.24. The number of urea groups is 1. The second kappa shape index (κ2) is 6.83. The van der Waals surface area contributed by atoms with Gasteiger partial charge in [0.05, 0.1) is 6.42 Å². The van der Waals surface area contributed by atoms with Crippen molar-refractivity contribution >= 4 is 18.0 Å². The van der Waals surface area contributed by atoms with Crippen molar-refractivity contribution in [3.05, 3.63) is 0 Å². The molecule has 0 aliphatic carbocycles. The van der Waals surface area contributed by atoms with Gasteiger partial charge in [0.25, 0.3) is 0 Å². The van der Waals surface area contributed by atoms with Crippen LogP contribution < -0.4 is 10.6 Å². The van der Waals surface area contributed by atoms with Gasteiger partial charge in [-0.2, -0.15) is 0 Å². The van der Waals surface area contributed by atoms with Gasteiger partial charge in [-0.3, -0.25) is 4.79 Å². The molecular weight excluding hydrogens is 240 g/mol. The Kier molecular flexibility index (Phi) is 6.15. The second-order valence-corrected chi connectivity index (χ2v) is 4.83. The van der Waals surface area contributed by atoms with E-state index in [2.05, 4.69) is 10.6 Å². The fourth-order valence-corrected chi connectivity index (χ4v) is 1.03. The van der Waals surface area contributed by atoms with E-state index in [0.717, 1.165) is 6.42 Å². The molecule has 1 unspecified atom stereocenters. The van der Waals surface area contributed by atoms with Gasteiger partial charge in [0.15, 0.2) is 0 Å². The normalized spacial score (nSPS) is 12.6. The Balaban J connectivity index is 4.27. The van der Waals surface area contributed by atoms with E-state index in [0.29, 0.717) is 6.54 Å². The number of hydrogen-bond acceptors (Lipinski definition) is 3. The number of amides is 2. The average molecular weight is 260 g/mol. The SMILES string of the molecule is CCC(C)(C)CNC(=O)NC(CC(=O)O)C(=O)O. The number of hydrogen-bond donors (Lipinski definition) is 4. The van der Waals surface area contributed by atoms with Crippen LogP contribution in [-0.2, 0) is 9.59 Å². The molecule has 1 atom stereocenters. The molecule has 0 heterocycles. The molecule has 2 amide bonds. The van der Waals surface area contributed by atoms with Gasteiger partial charge in [-0.25, -0.2) is 9.59 Å². The van der Waals surface area contributed by atoms with Gasteiger partial charge in [0.1, 0.15) is 6.04 Å². The lowest BCUT2D eigenvalue weighted by Crippen LogP contribution is -2.48. The van der Waals surface area contributed by atoms with E-state index in [4.69, 9.17) is 10.2 Å². The Hall–Kier alpha value is -1.79. The van der Waals surface area contributed by atoms with E-state index < -0.39 is 30.4 Å². The molecule has 0 rings (SSSR count). The largest absolute Gasteiger partial charge is 0.481 e. The Labute approximate surface area is 106 Å². The highest BCUT2D eigenvalue weighted by atomic mass is 16.4. The Bertz CT molecular complexity index is 327. The van der Waals surface area contributed by atoms with Crippen LogP contribution in [0, 0.1) is 5.41 Å². The molecule has 0 aromatic rings. The molecule has 0 saturated carbocycles. The lowest BCUT2D eigenvalue weighted by molar-refractivity contribution is -0.145. The summed E-state index contributed by atoms with van der Waals surface area (Å²) in [7, 11) is 0. The lowest BCUT2D eigenvalue weighted by atomic mass is 9.90. The molecule has 4 N–H and O–H groups in total. The average Bonchev–Trinajstić information content (AvgIpc) is 2.25. The molecule has 7 heteroatoms. The lowest BCUT2D eigenvalue weighted by Gasteiger charge is -2.23. The molecule has 18 heavy (non-hydrogen) atoms. The number of carboxylic acids is 2. The Morgan fingerprint density at radius 1 is 1.22 bits per heavy atom. The summed E-state index contributed by atoms with van der Waals surface area (Å²) in [6.07, 6.45) is 0.199. The van der Waals surface area contributed by atoms with Crippen LogP contribution in [0.25, 0.3) is 0 Å². The zero-order valence-electron chi connectivity index (χ0n) is 10.8. The quantitative estimate of drug-likeness (QED) is 0.536. The summed E-state index contributed by atoms with van der Waals surface area (Å²) in [4.78, 5) is 32.6. The molecule has 104 valence electrons. The minimum absolute atomic E-state index is 0.0944. The first-order valence-corrected chi connectivity index (χ1v) is 5.67. The third-order valence-corrected chi connectivity index (χ3v) is 2.67. The second-order valence-electron chi connectivity index (χ2n) is 4.83. The molecule has 0 aromatic carbocycles. The first kappa shape index (κ1) is 16.2. The van der Waals surface area contributed by atoms with E-state index in [-0.39, 0.29) is 5.41 Å². The van der Waals surface area contributed by atoms with Gasteiger partial charge < -0.3 is 20.8 Å². The maximum absolute atomic E-state index is 11.4. The van der Waals surface area contributed by atoms with Gasteiger partial charge in [-0.15, -0.1) is 0 Å². The summed E-state index contributed by atoms with van der Waals surface area (Å²) >= 11 is 0. The summed E-state index contributed by atoms with van der Waals surface area (Å²) in [6, 6.07) is -2.10. The van der Waals surface area contributed by atoms with E-state index in [1.165, 1.54) is 0 Å². The third kappa shape index (κ3) is 6.72. The zero-order valence-corrected chi connectivity index (χ0v) is 10.8. The maximum atomic E-state index is 11.4. The summed E-state index contributed by atoms with van der Waals surface area (Å²) in [5.41, 5.74) is -0.0944. The van der Waals surface area contributed by atoms with Crippen molar-refractivity contribution in [2.45, 2.75) is 39.7 Å². The highest BCUT2D eigenvalue weighted by Crippen LogP contribution is 2.17. The van der Waals surface area contributed by atoms with Gasteiger partial charge >= 0.3 is 18.0 Å². The van der Waals surface area contributed by atoms with Gasteiger partial charge in [0.2, 0.25) is 0 Å². The number of carboxylic acid groups (broad SMARTS) is 2. The number of rotatable bonds is 7. The molecule has 0 spiro atoms. The molecular formula is C11H20N2O5. The highest BCUT2D eigenvalue weighted by molar-refractivity contribution is 5.86. The molecule has 0 radical (unpaired) electrons. The molecule has 0 bridgehead atoms. The van der Waals surface area contributed by atoms with Crippen LogP contribution in [0.4, 0.5) is 4.79 Å². The number of nitrogens with one attached hydrogen (secondary N) is 2. The summed E-state index contributed by atoms with van der Waals surface area (Å²) in [5, 5.41) is 21.9. The van der Waals surface area contributed by atoms with Crippen LogP contribution in [0.2, 0.25) is 0 Å². The summed E-state index contributed by atoms with van der Waals surface area (Å²) in [5.74, 6) is -2.65. The Morgan fingerprint density at radius 3 is 2.17 bits per heavy atom. The van der Waals surface area contributed by atoms with Crippen LogP contribution in [-0.4, -0.2) is 40.8 Å². The van der Waals surface area contributed by atoms with Crippen molar-refractivity contribution < 1.29 is 24.6 Å². The predicted octanol–water partition coefficient (Wildman–Crippen LogP) is 0.650. The molecule has 0 aliphatic rings. The summed E-state index contributed by atoms with van der Waals surface area (Å²) < 4.78 is 0. The van der Waals surface area contributed by atoms with E-state index in [1.807, 2.05) is 20.8 Å². The first-order valence-electron chi connectivity index (χ1n) is 5.67. The van der Waals surface area contributed by atoms with Crippen LogP contribution in [0.1, 0.15) is 33.6 Å². The van der Waals surface area contributed by atoms with Crippen LogP contribution >= 0.6 is 0 Å². The van der Waals surface area contributed by atoms with Crippen LogP contribution in [0.5, 0.6) is 0 Å². The van der Waals surface area contributed by atoms with Crippen molar-refractivity contribution in [1.82, 2.24) is 10.6 Å². The van der Waals surface area contributed by atoms with Crippen molar-refractivity contribution in [1.29, 1.82) is 0 Å². The minimum Gasteiger partial charge on any atom is -0.481 e. The topological polar surface area (TPSA) is 116 Å². The van der Waals surface area contributed by atoms with Crippen LogP contribution in [0.3, 0.4) is 0 Å². The van der Waals surface area contributed by atoms with Gasteiger partial charge in [-0.1, -0.05) is 20.8 Å². The van der Waals surface area contributed by atoms with Crippen molar-refractivity contribution in [3.8, 4) is 0 Å². The molecule has 0 fully saturated rings. The van der Waals surface area contributed by atoms with E-state index in [1.54, 1.807) is 0 Å². The molecule has 0 saturated heterocycles. The molecule has 0 aliphatic heterocycles. The van der Waals surface area contributed by atoms with Crippen molar-refractivity contribution in [3.63, 3.8) is 0 Å². The van der Waals surface area contributed by atoms with Crippen LogP contribution in [0.15, 0.2) is 0 Å². The number of carbonyl (C=O) groups excluding carboxylic acids is 1. The predicted molar refractivity (Wildman–Crippen MR) is 64.3 cm³/mol. The fourth-order valence-electron chi connectivity index (χ4n) is 1.03. The first-order chi connectivity index (χ1) is 8.18. The number of aliphatic carboxylic acids is 2. The standard InChI is InChI=1S/C11H20N2O5/c1-4-11(2,3)6-12-10(18)13-7(9(16)17)5-8(14)15/h7H,4-6H2,1-3H3,(H,14,15)(H,16,17)(H2,12,13,18). The maximum Gasteiger partial charge on any atom is 0.326 e. The minimum atomic E-state index is -1.42. The molecule has 0 aromatic heterocycles. The van der Waals surface area contributed by atoms with E-state index in [9.17, 15) is 14.4 Å². The van der Waals surface area contributed by atoms with Crippen molar-refractivity contribution in [2.24, 2.45) is 5.41 Å². The summed E-state index contributed by atoms with van der Waals surface area (Å²) in [6.45, 7) is 6.28. The number of carbonyl (C=O) groups is 3. The van der Waals surface area contributed by atoms with E-state index >= 15 is 0 Å². The Morgan fingerprint density at radius 2 is 1.78 bits per heavy atom. The zero-order chi connectivity index (χ0) is 14.3. The fraction of sp³-hybridized carbons (Fsp3) is 0.727.